The highest BCUT2D eigenvalue weighted by Crippen LogP contribution is 2.71. The van der Waals surface area contributed by atoms with E-state index in [0.29, 0.717) is 18.4 Å². The summed E-state index contributed by atoms with van der Waals surface area (Å²) in [5, 5.41) is 11.3. The van der Waals surface area contributed by atoms with Crippen molar-refractivity contribution in [3.8, 4) is 11.5 Å². The van der Waals surface area contributed by atoms with E-state index in [9.17, 15) is 5.11 Å². The molecule has 2 aliphatic heterocycles. The molecule has 2 bridgehead atoms. The maximum Gasteiger partial charge on any atom is 0.142 e. The van der Waals surface area contributed by atoms with Crippen molar-refractivity contribution in [3.05, 3.63) is 17.7 Å². The average molecular weight is 402 g/mol. The normalized spacial score (nSPS) is 37.6. The van der Waals surface area contributed by atoms with Crippen molar-refractivity contribution in [1.29, 1.82) is 0 Å². The molecule has 0 unspecified atom stereocenters. The molecule has 4 fully saturated rings. The molecule has 4 aliphatic rings. The Morgan fingerprint density at radius 1 is 1.10 bits per heavy atom. The fourth-order valence-electron chi connectivity index (χ4n) is 7.06. The van der Waals surface area contributed by atoms with Crippen LogP contribution in [0.25, 0.3) is 0 Å². The van der Waals surface area contributed by atoms with Crippen molar-refractivity contribution < 1.29 is 19.3 Å². The summed E-state index contributed by atoms with van der Waals surface area (Å²) in [6, 6.07) is 4.28. The quantitative estimate of drug-likeness (QED) is 0.820. The molecule has 1 aromatic carbocycles. The summed E-state index contributed by atoms with van der Waals surface area (Å²) in [5.74, 6) is 2.67. The van der Waals surface area contributed by atoms with Crippen LogP contribution < -0.4 is 14.4 Å². The maximum atomic E-state index is 11.3. The number of ether oxygens (including phenoxy) is 3. The first-order chi connectivity index (χ1) is 13.9. The van der Waals surface area contributed by atoms with Crippen LogP contribution in [0.2, 0.25) is 0 Å². The van der Waals surface area contributed by atoms with E-state index in [0.717, 1.165) is 55.1 Å². The summed E-state index contributed by atoms with van der Waals surface area (Å²) in [4.78, 5) is 2.39. The number of benzene rings is 1. The van der Waals surface area contributed by atoms with E-state index in [-0.39, 0.29) is 23.0 Å². The Balaban J connectivity index is 1.54. The maximum absolute atomic E-state index is 11.3. The lowest BCUT2D eigenvalue weighted by molar-refractivity contribution is -0.164. The molecule has 1 aromatic rings. The van der Waals surface area contributed by atoms with Gasteiger partial charge in [-0.1, -0.05) is 13.8 Å². The number of fused-ring (bicyclic) bond motifs is 1. The van der Waals surface area contributed by atoms with Gasteiger partial charge in [-0.05, 0) is 55.4 Å². The fourth-order valence-corrected chi connectivity index (χ4v) is 7.06. The molecule has 2 saturated heterocycles. The second kappa shape index (κ2) is 6.78. The molecule has 1 spiro atoms. The standard InChI is InChI=1S/C24H35NO4/c1-23(2)15-11-17-21(29-10-7-24(17,14-15)22(23)26)16-12-20(28-4)18(13-19(16)27-3)25-8-5-6-9-25/h12-13,15,17,21-22,26H,5-11,14H2,1-4H3/t15-,17-,21-,22-,24-/m1/s1. The zero-order chi connectivity index (χ0) is 20.4. The van der Waals surface area contributed by atoms with Crippen LogP contribution in [0.5, 0.6) is 11.5 Å². The van der Waals surface area contributed by atoms with Gasteiger partial charge in [-0.25, -0.2) is 0 Å². The molecule has 0 radical (unpaired) electrons. The number of rotatable bonds is 4. The van der Waals surface area contributed by atoms with Crippen LogP contribution >= 0.6 is 0 Å². The number of nitrogens with zero attached hydrogens (tertiary/aromatic N) is 1. The summed E-state index contributed by atoms with van der Waals surface area (Å²) >= 11 is 0. The van der Waals surface area contributed by atoms with Crippen LogP contribution in [0.4, 0.5) is 5.69 Å². The molecule has 160 valence electrons. The number of aliphatic hydroxyl groups is 1. The van der Waals surface area contributed by atoms with Gasteiger partial charge in [-0.3, -0.25) is 0 Å². The van der Waals surface area contributed by atoms with Gasteiger partial charge in [0.15, 0.2) is 0 Å². The lowest BCUT2D eigenvalue weighted by Gasteiger charge is -2.51. The number of anilines is 1. The van der Waals surface area contributed by atoms with Crippen LogP contribution in [-0.4, -0.2) is 45.1 Å². The highest BCUT2D eigenvalue weighted by molar-refractivity contribution is 5.65. The largest absolute Gasteiger partial charge is 0.496 e. The molecule has 2 saturated carbocycles. The van der Waals surface area contributed by atoms with Gasteiger partial charge in [0.25, 0.3) is 0 Å². The van der Waals surface area contributed by atoms with Gasteiger partial charge in [0.05, 0.1) is 32.1 Å². The van der Waals surface area contributed by atoms with Crippen molar-refractivity contribution in [2.75, 3.05) is 38.8 Å². The van der Waals surface area contributed by atoms with Gasteiger partial charge in [-0.2, -0.15) is 0 Å². The van der Waals surface area contributed by atoms with Crippen LogP contribution in [0.3, 0.4) is 0 Å². The van der Waals surface area contributed by atoms with Crippen LogP contribution in [0.15, 0.2) is 12.1 Å². The highest BCUT2D eigenvalue weighted by Gasteiger charge is 2.68. The second-order valence-electron chi connectivity index (χ2n) is 10.2. The minimum Gasteiger partial charge on any atom is -0.496 e. The Hall–Kier alpha value is -1.46. The average Bonchev–Trinajstić information content (AvgIpc) is 3.43. The topological polar surface area (TPSA) is 51.2 Å². The smallest absolute Gasteiger partial charge is 0.142 e. The summed E-state index contributed by atoms with van der Waals surface area (Å²) in [6.45, 7) is 7.31. The van der Waals surface area contributed by atoms with E-state index in [2.05, 4.69) is 30.9 Å². The molecule has 29 heavy (non-hydrogen) atoms. The van der Waals surface area contributed by atoms with E-state index < -0.39 is 0 Å². The molecule has 5 atom stereocenters. The summed E-state index contributed by atoms with van der Waals surface area (Å²) in [5.41, 5.74) is 2.17. The molecule has 0 amide bonds. The first kappa shape index (κ1) is 19.5. The molecular formula is C24H35NO4. The number of hydrogen-bond donors (Lipinski definition) is 1. The highest BCUT2D eigenvalue weighted by atomic mass is 16.5. The van der Waals surface area contributed by atoms with Crippen LogP contribution in [0.1, 0.15) is 57.6 Å². The Bertz CT molecular complexity index is 787. The first-order valence-corrected chi connectivity index (χ1v) is 11.2. The van der Waals surface area contributed by atoms with Crippen molar-refractivity contribution >= 4 is 5.69 Å². The SMILES string of the molecule is COc1cc(N2CCCC2)c(OC)cc1[C@H]1OCC[C@@]23C[C@@H](C[C@H]12)C(C)(C)[C@H]3O. The number of methoxy groups -OCH3 is 2. The Labute approximate surface area is 174 Å². The summed E-state index contributed by atoms with van der Waals surface area (Å²) < 4.78 is 18.1. The molecule has 0 aromatic heterocycles. The fraction of sp³-hybridized carbons (Fsp3) is 0.750. The molecule has 5 heteroatoms. The van der Waals surface area contributed by atoms with E-state index in [1.807, 2.05) is 0 Å². The predicted octanol–water partition coefficient (Wildman–Crippen LogP) is 4.18. The van der Waals surface area contributed by atoms with Gasteiger partial charge in [0.2, 0.25) is 0 Å². The third-order valence-corrected chi connectivity index (χ3v) is 8.72. The molecule has 1 N–H and O–H groups in total. The molecule has 5 rings (SSSR count). The third-order valence-electron chi connectivity index (χ3n) is 8.72. The Kier molecular flexibility index (Phi) is 4.56. The molecule has 5 nitrogen and oxygen atoms in total. The van der Waals surface area contributed by atoms with Gasteiger partial charge in [-0.15, -0.1) is 0 Å². The summed E-state index contributed by atoms with van der Waals surface area (Å²) in [7, 11) is 3.49. The molecule has 2 heterocycles. The summed E-state index contributed by atoms with van der Waals surface area (Å²) in [6.07, 6.45) is 5.33. The monoisotopic (exact) mass is 401 g/mol. The first-order valence-electron chi connectivity index (χ1n) is 11.2. The third kappa shape index (κ3) is 2.66. The number of hydrogen-bond acceptors (Lipinski definition) is 5. The van der Waals surface area contributed by atoms with E-state index in [1.54, 1.807) is 14.2 Å². The lowest BCUT2D eigenvalue weighted by Crippen LogP contribution is -2.51. The number of aliphatic hydroxyl groups excluding tert-OH is 1. The van der Waals surface area contributed by atoms with Gasteiger partial charge in [0.1, 0.15) is 11.5 Å². The van der Waals surface area contributed by atoms with Crippen molar-refractivity contribution in [2.24, 2.45) is 22.7 Å². The van der Waals surface area contributed by atoms with E-state index in [4.69, 9.17) is 14.2 Å². The van der Waals surface area contributed by atoms with Crippen molar-refractivity contribution in [3.63, 3.8) is 0 Å². The van der Waals surface area contributed by atoms with Crippen molar-refractivity contribution in [1.82, 2.24) is 0 Å². The second-order valence-corrected chi connectivity index (χ2v) is 10.2. The minimum atomic E-state index is -0.262. The predicted molar refractivity (Wildman–Crippen MR) is 113 cm³/mol. The Morgan fingerprint density at radius 3 is 2.48 bits per heavy atom. The van der Waals surface area contributed by atoms with E-state index >= 15 is 0 Å². The van der Waals surface area contributed by atoms with Gasteiger partial charge in [0, 0.05) is 36.7 Å². The molecular weight excluding hydrogens is 366 g/mol. The molecule has 2 aliphatic carbocycles. The zero-order valence-electron chi connectivity index (χ0n) is 18.2. The van der Waals surface area contributed by atoms with Crippen LogP contribution in [0, 0.1) is 22.7 Å². The minimum absolute atomic E-state index is 0.000221. The Morgan fingerprint density at radius 2 is 1.83 bits per heavy atom. The zero-order valence-corrected chi connectivity index (χ0v) is 18.2. The van der Waals surface area contributed by atoms with Gasteiger partial charge >= 0.3 is 0 Å². The van der Waals surface area contributed by atoms with Gasteiger partial charge < -0.3 is 24.2 Å². The van der Waals surface area contributed by atoms with Crippen LogP contribution in [-0.2, 0) is 4.74 Å². The van der Waals surface area contributed by atoms with Crippen molar-refractivity contribution in [2.45, 2.75) is 58.2 Å². The lowest BCUT2D eigenvalue weighted by atomic mass is 9.60. The van der Waals surface area contributed by atoms with E-state index in [1.165, 1.54) is 12.8 Å².